The van der Waals surface area contributed by atoms with Crippen LogP contribution in [-0.2, 0) is 17.8 Å². The van der Waals surface area contributed by atoms with Crippen molar-refractivity contribution < 1.29 is 28.5 Å². The molecule has 0 spiro atoms. The van der Waals surface area contributed by atoms with Gasteiger partial charge in [-0.05, 0) is 24.5 Å². The molecule has 4 rings (SSSR count). The van der Waals surface area contributed by atoms with Gasteiger partial charge in [0.25, 0.3) is 0 Å². The predicted molar refractivity (Wildman–Crippen MR) is 148 cm³/mol. The van der Waals surface area contributed by atoms with Crippen LogP contribution in [0.5, 0.6) is 23.5 Å². The number of morpholine rings is 1. The largest absolute Gasteiger partial charge is 0.493 e. The molecule has 0 amide bonds. The second-order valence-corrected chi connectivity index (χ2v) is 9.29. The molecule has 39 heavy (non-hydrogen) atoms. The molecule has 0 atom stereocenters. The van der Waals surface area contributed by atoms with Gasteiger partial charge in [0.15, 0.2) is 6.29 Å². The van der Waals surface area contributed by atoms with Crippen LogP contribution in [0.3, 0.4) is 0 Å². The first-order valence-corrected chi connectivity index (χ1v) is 13.4. The highest BCUT2D eigenvalue weighted by molar-refractivity contribution is 6.34. The van der Waals surface area contributed by atoms with Crippen molar-refractivity contribution in [1.29, 1.82) is 0 Å². The summed E-state index contributed by atoms with van der Waals surface area (Å²) in [6, 6.07) is 11.9. The summed E-state index contributed by atoms with van der Waals surface area (Å²) in [7, 11) is 2.82. The topological polar surface area (TPSA) is 92.2 Å². The molecule has 10 heteroatoms. The van der Waals surface area contributed by atoms with E-state index in [1.807, 2.05) is 30.3 Å². The number of carbonyl (C=O) groups is 1. The highest BCUT2D eigenvalue weighted by Gasteiger charge is 2.18. The van der Waals surface area contributed by atoms with Crippen LogP contribution in [0.1, 0.15) is 34.8 Å². The van der Waals surface area contributed by atoms with Gasteiger partial charge in [0.2, 0.25) is 11.8 Å². The minimum absolute atomic E-state index is 0.0116. The Morgan fingerprint density at radius 1 is 1.00 bits per heavy atom. The molecule has 0 bridgehead atoms. The van der Waals surface area contributed by atoms with E-state index in [9.17, 15) is 4.79 Å². The first-order valence-electron chi connectivity index (χ1n) is 13.0. The molecule has 0 saturated carbocycles. The molecule has 1 saturated heterocycles. The summed E-state index contributed by atoms with van der Waals surface area (Å²) in [5, 5.41) is 0.570. The van der Waals surface area contributed by atoms with Gasteiger partial charge in [0, 0.05) is 36.3 Å². The number of benzene rings is 2. The van der Waals surface area contributed by atoms with E-state index < -0.39 is 0 Å². The Kier molecular flexibility index (Phi) is 10.4. The van der Waals surface area contributed by atoms with Crippen molar-refractivity contribution >= 4 is 17.9 Å². The smallest absolute Gasteiger partial charge is 0.323 e. The van der Waals surface area contributed by atoms with E-state index in [2.05, 4.69) is 27.9 Å². The van der Waals surface area contributed by atoms with Crippen molar-refractivity contribution in [2.24, 2.45) is 0 Å². The zero-order valence-electron chi connectivity index (χ0n) is 22.6. The predicted octanol–water partition coefficient (Wildman–Crippen LogP) is 4.87. The number of ether oxygens (including phenoxy) is 5. The fourth-order valence-electron chi connectivity index (χ4n) is 4.54. The molecule has 1 aliphatic rings. The molecule has 2 aromatic carbocycles. The van der Waals surface area contributed by atoms with E-state index in [-0.39, 0.29) is 29.9 Å². The van der Waals surface area contributed by atoms with Gasteiger partial charge in [0.05, 0.1) is 39.1 Å². The lowest BCUT2D eigenvalue weighted by molar-refractivity contribution is 0.0358. The molecule has 0 unspecified atom stereocenters. The summed E-state index contributed by atoms with van der Waals surface area (Å²) in [5.74, 6) is 1.01. The second-order valence-electron chi connectivity index (χ2n) is 8.92. The zero-order valence-corrected chi connectivity index (χ0v) is 23.3. The van der Waals surface area contributed by atoms with E-state index in [0.717, 1.165) is 73.7 Å². The Hall–Kier alpha value is -3.40. The van der Waals surface area contributed by atoms with Crippen molar-refractivity contribution in [2.45, 2.75) is 26.4 Å². The van der Waals surface area contributed by atoms with Crippen LogP contribution in [0.2, 0.25) is 5.02 Å². The van der Waals surface area contributed by atoms with Gasteiger partial charge >= 0.3 is 6.01 Å². The van der Waals surface area contributed by atoms with Gasteiger partial charge in [-0.1, -0.05) is 48.9 Å². The van der Waals surface area contributed by atoms with Gasteiger partial charge in [0.1, 0.15) is 17.9 Å². The summed E-state index contributed by atoms with van der Waals surface area (Å²) in [4.78, 5) is 22.1. The quantitative estimate of drug-likeness (QED) is 0.216. The molecule has 9 nitrogen and oxygen atoms in total. The molecule has 2 heterocycles. The van der Waals surface area contributed by atoms with Crippen molar-refractivity contribution in [3.8, 4) is 34.6 Å². The lowest BCUT2D eigenvalue weighted by atomic mass is 9.96. The molecule has 0 radical (unpaired) electrons. The van der Waals surface area contributed by atoms with Crippen LogP contribution in [0, 0.1) is 0 Å². The van der Waals surface area contributed by atoms with Gasteiger partial charge in [-0.3, -0.25) is 9.69 Å². The molecule has 0 aliphatic carbocycles. The number of hydrogen-bond donors (Lipinski definition) is 0. The molecule has 1 aromatic heterocycles. The highest BCUT2D eigenvalue weighted by Crippen LogP contribution is 2.37. The normalized spacial score (nSPS) is 13.6. The third kappa shape index (κ3) is 6.98. The van der Waals surface area contributed by atoms with Crippen molar-refractivity contribution in [3.63, 3.8) is 0 Å². The van der Waals surface area contributed by atoms with E-state index in [4.69, 9.17) is 35.3 Å². The Labute approximate surface area is 234 Å². The highest BCUT2D eigenvalue weighted by atomic mass is 35.5. The average molecular weight is 556 g/mol. The first-order chi connectivity index (χ1) is 19.1. The molecule has 208 valence electrons. The van der Waals surface area contributed by atoms with Gasteiger partial charge in [-0.25, -0.2) is 0 Å². The minimum atomic E-state index is 0.0116. The van der Waals surface area contributed by atoms with Gasteiger partial charge in [-0.15, -0.1) is 0 Å². The lowest BCUT2D eigenvalue weighted by Crippen LogP contribution is -2.37. The molecule has 0 N–H and O–H groups in total. The fraction of sp³-hybridized carbons (Fsp3) is 0.414. The van der Waals surface area contributed by atoms with Crippen molar-refractivity contribution in [2.75, 3.05) is 53.7 Å². The maximum Gasteiger partial charge on any atom is 0.323 e. The Morgan fingerprint density at radius 2 is 1.69 bits per heavy atom. The number of nitrogens with zero attached hydrogens (tertiary/aromatic N) is 3. The van der Waals surface area contributed by atoms with E-state index >= 15 is 0 Å². The summed E-state index contributed by atoms with van der Waals surface area (Å²) < 4.78 is 27.9. The van der Waals surface area contributed by atoms with E-state index in [0.29, 0.717) is 17.9 Å². The van der Waals surface area contributed by atoms with Gasteiger partial charge < -0.3 is 23.7 Å². The summed E-state index contributed by atoms with van der Waals surface area (Å²) in [6.45, 7) is 7.42. The second kappa shape index (κ2) is 14.1. The molecule has 3 aromatic rings. The maximum absolute atomic E-state index is 11.4. The van der Waals surface area contributed by atoms with Crippen LogP contribution >= 0.6 is 11.6 Å². The lowest BCUT2D eigenvalue weighted by Gasteiger charge is -2.26. The SMILES string of the molecule is CCc1c(OCCCN2CCOCC2)cccc1-c1cccc(COc2nc(OC)c(C=O)c(OC)n2)c1Cl. The first kappa shape index (κ1) is 28.6. The van der Waals surface area contributed by atoms with Crippen LogP contribution in [-0.4, -0.2) is 74.8 Å². The molecular weight excluding hydrogens is 522 g/mol. The van der Waals surface area contributed by atoms with Crippen LogP contribution in [0.4, 0.5) is 0 Å². The number of halogens is 1. The average Bonchev–Trinajstić information content (AvgIpc) is 2.98. The summed E-state index contributed by atoms with van der Waals surface area (Å²) in [5.41, 5.74) is 3.88. The van der Waals surface area contributed by atoms with Crippen LogP contribution in [0.15, 0.2) is 36.4 Å². The van der Waals surface area contributed by atoms with Crippen LogP contribution in [0.25, 0.3) is 11.1 Å². The fourth-order valence-corrected chi connectivity index (χ4v) is 4.82. The third-order valence-electron chi connectivity index (χ3n) is 6.55. The molecular formula is C29H34ClN3O6. The Balaban J connectivity index is 1.49. The molecule has 1 aliphatic heterocycles. The van der Waals surface area contributed by atoms with Gasteiger partial charge in [-0.2, -0.15) is 9.97 Å². The van der Waals surface area contributed by atoms with Crippen molar-refractivity contribution in [3.05, 3.63) is 58.1 Å². The monoisotopic (exact) mass is 555 g/mol. The maximum atomic E-state index is 11.4. The molecule has 1 fully saturated rings. The number of aldehydes is 1. The summed E-state index contributed by atoms with van der Waals surface area (Å²) in [6.07, 6.45) is 2.32. The van der Waals surface area contributed by atoms with E-state index in [1.54, 1.807) is 0 Å². The number of aromatic nitrogens is 2. The van der Waals surface area contributed by atoms with E-state index in [1.165, 1.54) is 14.2 Å². The third-order valence-corrected chi connectivity index (χ3v) is 7.00. The number of methoxy groups -OCH3 is 2. The zero-order chi connectivity index (χ0) is 27.6. The number of rotatable bonds is 13. The number of carbonyl (C=O) groups excluding carboxylic acids is 1. The minimum Gasteiger partial charge on any atom is -0.493 e. The van der Waals surface area contributed by atoms with Crippen LogP contribution < -0.4 is 18.9 Å². The van der Waals surface area contributed by atoms with Crippen molar-refractivity contribution in [1.82, 2.24) is 14.9 Å². The summed E-state index contributed by atoms with van der Waals surface area (Å²) >= 11 is 6.90. The Morgan fingerprint density at radius 3 is 2.36 bits per heavy atom. The standard InChI is InChI=1S/C29H34ClN3O6/c1-4-21-22(9-6-11-25(21)38-15-7-12-33-13-16-37-17-14-33)23-10-5-8-20(26(23)30)19-39-29-31-27(35-2)24(18-34)28(32-29)36-3/h5-6,8-11,18H,4,7,12-17,19H2,1-3H3. The number of hydrogen-bond acceptors (Lipinski definition) is 9. The Bertz CT molecular complexity index is 1240.